The van der Waals surface area contributed by atoms with Crippen molar-refractivity contribution in [3.63, 3.8) is 0 Å². The maximum absolute atomic E-state index is 6.13. The number of hydrogen-bond donors (Lipinski definition) is 1. The first-order chi connectivity index (χ1) is 7.29. The summed E-state index contributed by atoms with van der Waals surface area (Å²) in [6.07, 6.45) is 1.24. The van der Waals surface area contributed by atoms with Gasteiger partial charge in [0.2, 0.25) is 0 Å². The van der Waals surface area contributed by atoms with Gasteiger partial charge in [-0.05, 0) is 25.1 Å². The van der Waals surface area contributed by atoms with Gasteiger partial charge in [-0.15, -0.1) is 0 Å². The van der Waals surface area contributed by atoms with E-state index in [-0.39, 0.29) is 0 Å². The second-order valence-electron chi connectivity index (χ2n) is 4.10. The minimum Gasteiger partial charge on any atom is -0.316 e. The average Bonchev–Trinajstić information content (AvgIpc) is 2.69. The predicted octanol–water partition coefficient (Wildman–Crippen LogP) is 2.13. The van der Waals surface area contributed by atoms with E-state index in [0.717, 1.165) is 24.7 Å². The standard InChI is InChI=1S/C12H17ClN2/c1-14-11-6-7-15(9-11)8-10-4-2-3-5-12(10)13/h2-5,11,14H,6-9H2,1H3. The van der Waals surface area contributed by atoms with Crippen LogP contribution in [0.4, 0.5) is 0 Å². The molecule has 0 bridgehead atoms. The Kier molecular flexibility index (Phi) is 3.62. The maximum atomic E-state index is 6.13. The number of nitrogens with zero attached hydrogens (tertiary/aromatic N) is 1. The Morgan fingerprint density at radius 2 is 2.27 bits per heavy atom. The summed E-state index contributed by atoms with van der Waals surface area (Å²) in [5, 5.41) is 4.20. The zero-order valence-corrected chi connectivity index (χ0v) is 9.80. The number of benzene rings is 1. The molecule has 1 fully saturated rings. The fraction of sp³-hybridized carbons (Fsp3) is 0.500. The molecule has 1 aromatic carbocycles. The first-order valence-corrected chi connectivity index (χ1v) is 5.80. The third-order valence-corrected chi connectivity index (χ3v) is 3.40. The van der Waals surface area contributed by atoms with Gasteiger partial charge in [0.25, 0.3) is 0 Å². The van der Waals surface area contributed by atoms with Crippen LogP contribution in [0.2, 0.25) is 5.02 Å². The SMILES string of the molecule is CNC1CCN(Cc2ccccc2Cl)C1. The molecule has 82 valence electrons. The summed E-state index contributed by atoms with van der Waals surface area (Å²) >= 11 is 6.13. The van der Waals surface area contributed by atoms with E-state index in [1.54, 1.807) is 0 Å². The molecule has 1 atom stereocenters. The van der Waals surface area contributed by atoms with Crippen molar-refractivity contribution in [3.8, 4) is 0 Å². The molecule has 0 amide bonds. The molecule has 0 aromatic heterocycles. The second kappa shape index (κ2) is 4.97. The smallest absolute Gasteiger partial charge is 0.0451 e. The van der Waals surface area contributed by atoms with Gasteiger partial charge < -0.3 is 5.32 Å². The maximum Gasteiger partial charge on any atom is 0.0451 e. The van der Waals surface area contributed by atoms with Crippen LogP contribution in [0.15, 0.2) is 24.3 Å². The molecular weight excluding hydrogens is 208 g/mol. The highest BCUT2D eigenvalue weighted by molar-refractivity contribution is 6.31. The van der Waals surface area contributed by atoms with E-state index in [9.17, 15) is 0 Å². The fourth-order valence-corrected chi connectivity index (χ4v) is 2.27. The average molecular weight is 225 g/mol. The molecule has 1 N–H and O–H groups in total. The van der Waals surface area contributed by atoms with Crippen molar-refractivity contribution in [2.24, 2.45) is 0 Å². The topological polar surface area (TPSA) is 15.3 Å². The van der Waals surface area contributed by atoms with E-state index in [0.29, 0.717) is 6.04 Å². The number of nitrogens with one attached hydrogen (secondary N) is 1. The molecule has 15 heavy (non-hydrogen) atoms. The Morgan fingerprint density at radius 1 is 1.47 bits per heavy atom. The van der Waals surface area contributed by atoms with Crippen LogP contribution in [0.3, 0.4) is 0 Å². The van der Waals surface area contributed by atoms with E-state index in [1.165, 1.54) is 12.0 Å². The number of likely N-dealkylation sites (tertiary alicyclic amines) is 1. The first kappa shape index (κ1) is 10.9. The van der Waals surface area contributed by atoms with Crippen LogP contribution in [0, 0.1) is 0 Å². The summed E-state index contributed by atoms with van der Waals surface area (Å²) in [6, 6.07) is 8.74. The largest absolute Gasteiger partial charge is 0.316 e. The van der Waals surface area contributed by atoms with Crippen molar-refractivity contribution in [1.82, 2.24) is 10.2 Å². The van der Waals surface area contributed by atoms with Crippen LogP contribution in [0.25, 0.3) is 0 Å². The van der Waals surface area contributed by atoms with Crippen LogP contribution in [-0.2, 0) is 6.54 Å². The molecule has 1 aromatic rings. The van der Waals surface area contributed by atoms with Crippen molar-refractivity contribution in [2.45, 2.75) is 19.0 Å². The summed E-state index contributed by atoms with van der Waals surface area (Å²) in [4.78, 5) is 2.45. The molecule has 1 aliphatic rings. The molecule has 1 heterocycles. The van der Waals surface area contributed by atoms with E-state index in [2.05, 4.69) is 16.3 Å². The molecule has 0 spiro atoms. The zero-order valence-electron chi connectivity index (χ0n) is 9.04. The van der Waals surface area contributed by atoms with Crippen LogP contribution >= 0.6 is 11.6 Å². The van der Waals surface area contributed by atoms with Gasteiger partial charge >= 0.3 is 0 Å². The van der Waals surface area contributed by atoms with Gasteiger partial charge in [0.1, 0.15) is 0 Å². The minimum absolute atomic E-state index is 0.646. The van der Waals surface area contributed by atoms with E-state index < -0.39 is 0 Å². The molecular formula is C12H17ClN2. The van der Waals surface area contributed by atoms with Crippen LogP contribution in [-0.4, -0.2) is 31.1 Å². The molecule has 3 heteroatoms. The van der Waals surface area contributed by atoms with Gasteiger partial charge in [0.05, 0.1) is 0 Å². The summed E-state index contributed by atoms with van der Waals surface area (Å²) in [5.41, 5.74) is 1.23. The Balaban J connectivity index is 1.96. The van der Waals surface area contributed by atoms with Crippen molar-refractivity contribution >= 4 is 11.6 Å². The third-order valence-electron chi connectivity index (χ3n) is 3.03. The Hall–Kier alpha value is -0.570. The number of likely N-dealkylation sites (N-methyl/N-ethyl adjacent to an activating group) is 1. The minimum atomic E-state index is 0.646. The predicted molar refractivity (Wildman–Crippen MR) is 64.2 cm³/mol. The molecule has 2 rings (SSSR count). The highest BCUT2D eigenvalue weighted by Crippen LogP contribution is 2.19. The normalized spacial score (nSPS) is 22.1. The first-order valence-electron chi connectivity index (χ1n) is 5.42. The van der Waals surface area contributed by atoms with Crippen LogP contribution in [0.5, 0.6) is 0 Å². The Labute approximate surface area is 96.2 Å². The lowest BCUT2D eigenvalue weighted by molar-refractivity contribution is 0.322. The van der Waals surface area contributed by atoms with E-state index in [1.807, 2.05) is 25.2 Å². The van der Waals surface area contributed by atoms with Gasteiger partial charge in [-0.3, -0.25) is 4.90 Å². The molecule has 1 saturated heterocycles. The van der Waals surface area contributed by atoms with Crippen molar-refractivity contribution in [3.05, 3.63) is 34.9 Å². The van der Waals surface area contributed by atoms with E-state index in [4.69, 9.17) is 11.6 Å². The highest BCUT2D eigenvalue weighted by Gasteiger charge is 2.20. The molecule has 0 saturated carbocycles. The lowest BCUT2D eigenvalue weighted by Gasteiger charge is -2.16. The van der Waals surface area contributed by atoms with Crippen molar-refractivity contribution in [2.75, 3.05) is 20.1 Å². The van der Waals surface area contributed by atoms with Gasteiger partial charge in [-0.1, -0.05) is 29.8 Å². The summed E-state index contributed by atoms with van der Waals surface area (Å²) in [7, 11) is 2.03. The lowest BCUT2D eigenvalue weighted by Crippen LogP contribution is -2.29. The van der Waals surface area contributed by atoms with Gasteiger partial charge in [0.15, 0.2) is 0 Å². The molecule has 1 aliphatic heterocycles. The van der Waals surface area contributed by atoms with Gasteiger partial charge in [-0.2, -0.15) is 0 Å². The van der Waals surface area contributed by atoms with Crippen LogP contribution < -0.4 is 5.32 Å². The Morgan fingerprint density at radius 3 is 2.93 bits per heavy atom. The Bertz CT molecular complexity index is 327. The highest BCUT2D eigenvalue weighted by atomic mass is 35.5. The van der Waals surface area contributed by atoms with E-state index >= 15 is 0 Å². The second-order valence-corrected chi connectivity index (χ2v) is 4.51. The molecule has 2 nitrogen and oxygen atoms in total. The number of halogens is 1. The third kappa shape index (κ3) is 2.71. The fourth-order valence-electron chi connectivity index (χ4n) is 2.08. The zero-order chi connectivity index (χ0) is 10.7. The summed E-state index contributed by atoms with van der Waals surface area (Å²) in [6.45, 7) is 3.26. The van der Waals surface area contributed by atoms with Crippen molar-refractivity contribution in [1.29, 1.82) is 0 Å². The molecule has 0 aliphatic carbocycles. The summed E-state index contributed by atoms with van der Waals surface area (Å²) in [5.74, 6) is 0. The molecule has 1 unspecified atom stereocenters. The van der Waals surface area contributed by atoms with Gasteiger partial charge in [-0.25, -0.2) is 0 Å². The van der Waals surface area contributed by atoms with Crippen molar-refractivity contribution < 1.29 is 0 Å². The summed E-state index contributed by atoms with van der Waals surface area (Å²) < 4.78 is 0. The van der Waals surface area contributed by atoms with Crippen LogP contribution in [0.1, 0.15) is 12.0 Å². The monoisotopic (exact) mass is 224 g/mol. The quantitative estimate of drug-likeness (QED) is 0.847. The van der Waals surface area contributed by atoms with Gasteiger partial charge in [0, 0.05) is 30.7 Å². The number of hydrogen-bond acceptors (Lipinski definition) is 2. The lowest BCUT2D eigenvalue weighted by atomic mass is 10.2. The number of rotatable bonds is 3. The molecule has 0 radical (unpaired) electrons.